The van der Waals surface area contributed by atoms with Crippen LogP contribution in [-0.4, -0.2) is 4.98 Å². The Kier molecular flexibility index (Phi) is 5.28. The molecule has 0 aliphatic carbocycles. The van der Waals surface area contributed by atoms with Crippen molar-refractivity contribution in [2.75, 3.05) is 0 Å². The van der Waals surface area contributed by atoms with Crippen molar-refractivity contribution >= 4 is 65.6 Å². The lowest BCUT2D eigenvalue weighted by atomic mass is 9.89. The van der Waals surface area contributed by atoms with Gasteiger partial charge in [0.1, 0.15) is 22.3 Å². The number of aromatic nitrogens is 1. The molecule has 3 aromatic heterocycles. The van der Waals surface area contributed by atoms with Crippen molar-refractivity contribution in [1.29, 1.82) is 0 Å². The number of para-hydroxylation sites is 3. The fourth-order valence-electron chi connectivity index (χ4n) is 7.16. The Hall–Kier alpha value is -6.19. The lowest BCUT2D eigenvalue weighted by Gasteiger charge is -2.16. The lowest BCUT2D eigenvalue weighted by Crippen LogP contribution is -1.93. The van der Waals surface area contributed by atoms with Gasteiger partial charge in [0.05, 0.1) is 11.2 Å². The number of benzene rings is 7. The van der Waals surface area contributed by atoms with Crippen LogP contribution in [0.1, 0.15) is 0 Å². The van der Waals surface area contributed by atoms with E-state index in [1.165, 1.54) is 10.9 Å². The summed E-state index contributed by atoms with van der Waals surface area (Å²) in [6, 6.07) is 53.0. The van der Waals surface area contributed by atoms with Crippen LogP contribution in [0.25, 0.3) is 99.1 Å². The number of furan rings is 2. The Morgan fingerprint density at radius 2 is 0.957 bits per heavy atom. The van der Waals surface area contributed by atoms with Gasteiger partial charge in [0.25, 0.3) is 0 Å². The Labute approximate surface area is 264 Å². The van der Waals surface area contributed by atoms with Crippen LogP contribution in [0, 0.1) is 0 Å². The third kappa shape index (κ3) is 3.69. The van der Waals surface area contributed by atoms with Gasteiger partial charge >= 0.3 is 0 Å². The van der Waals surface area contributed by atoms with Crippen LogP contribution in [0.4, 0.5) is 0 Å². The smallest absolute Gasteiger partial charge is 0.136 e. The van der Waals surface area contributed by atoms with Gasteiger partial charge in [0.2, 0.25) is 0 Å². The van der Waals surface area contributed by atoms with E-state index in [0.717, 1.165) is 88.1 Å². The van der Waals surface area contributed by atoms with Gasteiger partial charge < -0.3 is 8.83 Å². The molecule has 10 aromatic rings. The number of hydrogen-bond donors (Lipinski definition) is 0. The van der Waals surface area contributed by atoms with Crippen molar-refractivity contribution in [2.45, 2.75) is 0 Å². The van der Waals surface area contributed by atoms with Gasteiger partial charge in [-0.25, -0.2) is 4.98 Å². The highest BCUT2D eigenvalue weighted by Crippen LogP contribution is 2.46. The molecule has 0 radical (unpaired) electrons. The zero-order valence-electron chi connectivity index (χ0n) is 24.7. The molecule has 0 fully saturated rings. The van der Waals surface area contributed by atoms with Crippen LogP contribution in [0.15, 0.2) is 160 Å². The highest BCUT2D eigenvalue weighted by molar-refractivity contribution is 6.27. The van der Waals surface area contributed by atoms with E-state index in [0.29, 0.717) is 0 Å². The van der Waals surface area contributed by atoms with Crippen LogP contribution in [0.5, 0.6) is 0 Å². The van der Waals surface area contributed by atoms with E-state index in [9.17, 15) is 0 Å². The maximum absolute atomic E-state index is 6.52. The maximum atomic E-state index is 6.52. The standard InChI is InChI=1S/C43H25NO2/c1-2-10-27(11-3-1)40-41-32-13-4-7-15-35(32)44-43(34(41)25-39-42(40)33-14-6-9-17-37(33)46-39)28-20-18-26(19-21-28)29-22-23-31-30-12-5-8-16-36(30)45-38(31)24-29/h1-25H. The number of nitrogens with zero attached hydrogens (tertiary/aromatic N) is 1. The molecule has 10 rings (SSSR count). The van der Waals surface area contributed by atoms with E-state index < -0.39 is 0 Å². The summed E-state index contributed by atoms with van der Waals surface area (Å²) in [5.41, 5.74) is 11.1. The summed E-state index contributed by atoms with van der Waals surface area (Å²) in [6.45, 7) is 0. The second-order valence-electron chi connectivity index (χ2n) is 11.9. The van der Waals surface area contributed by atoms with Crippen molar-refractivity contribution in [3.05, 3.63) is 152 Å². The third-order valence-corrected chi connectivity index (χ3v) is 9.26. The molecule has 3 heterocycles. The Morgan fingerprint density at radius 3 is 1.78 bits per heavy atom. The SMILES string of the molecule is c1ccc(-c2c3c(cc4c(-c5ccc(-c6ccc7c(c6)oc6ccccc67)cc5)nc5ccccc5c24)oc2ccccc23)cc1. The van der Waals surface area contributed by atoms with Crippen molar-refractivity contribution in [2.24, 2.45) is 0 Å². The Bertz CT molecular complexity index is 2790. The van der Waals surface area contributed by atoms with E-state index in [1.54, 1.807) is 0 Å². The first kappa shape index (κ1) is 25.2. The molecule has 0 atom stereocenters. The topological polar surface area (TPSA) is 39.2 Å². The number of rotatable bonds is 3. The van der Waals surface area contributed by atoms with Crippen LogP contribution in [0.2, 0.25) is 0 Å². The van der Waals surface area contributed by atoms with E-state index in [2.05, 4.69) is 127 Å². The average Bonchev–Trinajstić information content (AvgIpc) is 3.68. The molecule has 0 amide bonds. The molecule has 0 aliphatic rings. The molecular weight excluding hydrogens is 562 g/mol. The van der Waals surface area contributed by atoms with Gasteiger partial charge in [0, 0.05) is 48.8 Å². The summed E-state index contributed by atoms with van der Waals surface area (Å²) < 4.78 is 12.7. The minimum atomic E-state index is 0.863. The quantitative estimate of drug-likeness (QED) is 0.193. The van der Waals surface area contributed by atoms with E-state index >= 15 is 0 Å². The van der Waals surface area contributed by atoms with E-state index in [1.807, 2.05) is 24.3 Å². The molecule has 46 heavy (non-hydrogen) atoms. The molecule has 0 N–H and O–H groups in total. The van der Waals surface area contributed by atoms with Gasteiger partial charge in [0.15, 0.2) is 0 Å². The largest absolute Gasteiger partial charge is 0.456 e. The number of pyridine rings is 1. The van der Waals surface area contributed by atoms with Gasteiger partial charge in [-0.05, 0) is 53.1 Å². The second kappa shape index (κ2) is 9.65. The van der Waals surface area contributed by atoms with Crippen molar-refractivity contribution in [3.8, 4) is 33.5 Å². The molecule has 0 bridgehead atoms. The van der Waals surface area contributed by atoms with Crippen molar-refractivity contribution in [1.82, 2.24) is 4.98 Å². The first-order valence-corrected chi connectivity index (χ1v) is 15.5. The summed E-state index contributed by atoms with van der Waals surface area (Å²) in [5.74, 6) is 0. The average molecular weight is 588 g/mol. The molecule has 0 unspecified atom stereocenters. The van der Waals surface area contributed by atoms with Crippen LogP contribution < -0.4 is 0 Å². The first-order valence-electron chi connectivity index (χ1n) is 15.5. The molecular formula is C43H25NO2. The van der Waals surface area contributed by atoms with Gasteiger partial charge in [-0.1, -0.05) is 115 Å². The summed E-state index contributed by atoms with van der Waals surface area (Å²) in [4.78, 5) is 5.28. The fourth-order valence-corrected chi connectivity index (χ4v) is 7.16. The normalized spacial score (nSPS) is 11.9. The summed E-state index contributed by atoms with van der Waals surface area (Å²) in [7, 11) is 0. The van der Waals surface area contributed by atoms with Crippen molar-refractivity contribution < 1.29 is 8.83 Å². The predicted octanol–water partition coefficient (Wildman–Crippen LogP) is 12.2. The summed E-state index contributed by atoms with van der Waals surface area (Å²) in [5, 5.41) is 7.91. The summed E-state index contributed by atoms with van der Waals surface area (Å²) in [6.07, 6.45) is 0. The van der Waals surface area contributed by atoms with Crippen LogP contribution in [0.3, 0.4) is 0 Å². The number of hydrogen-bond acceptors (Lipinski definition) is 3. The predicted molar refractivity (Wildman–Crippen MR) is 190 cm³/mol. The zero-order valence-corrected chi connectivity index (χ0v) is 24.7. The molecule has 0 spiro atoms. The summed E-state index contributed by atoms with van der Waals surface area (Å²) >= 11 is 0. The third-order valence-electron chi connectivity index (χ3n) is 9.26. The highest BCUT2D eigenvalue weighted by atomic mass is 16.3. The fraction of sp³-hybridized carbons (Fsp3) is 0. The zero-order chi connectivity index (χ0) is 30.2. The Balaban J connectivity index is 1.22. The molecule has 3 heteroatoms. The second-order valence-corrected chi connectivity index (χ2v) is 11.9. The van der Waals surface area contributed by atoms with Crippen LogP contribution >= 0.6 is 0 Å². The maximum Gasteiger partial charge on any atom is 0.136 e. The Morgan fingerprint density at radius 1 is 0.348 bits per heavy atom. The van der Waals surface area contributed by atoms with E-state index in [-0.39, 0.29) is 0 Å². The number of fused-ring (bicyclic) bond motifs is 9. The minimum absolute atomic E-state index is 0.863. The highest BCUT2D eigenvalue weighted by Gasteiger charge is 2.21. The molecule has 7 aromatic carbocycles. The van der Waals surface area contributed by atoms with Crippen molar-refractivity contribution in [3.63, 3.8) is 0 Å². The molecule has 3 nitrogen and oxygen atoms in total. The minimum Gasteiger partial charge on any atom is -0.456 e. The van der Waals surface area contributed by atoms with Gasteiger partial charge in [-0.15, -0.1) is 0 Å². The molecule has 0 aliphatic heterocycles. The van der Waals surface area contributed by atoms with Gasteiger partial charge in [-0.2, -0.15) is 0 Å². The molecule has 0 saturated carbocycles. The molecule has 0 saturated heterocycles. The van der Waals surface area contributed by atoms with E-state index in [4.69, 9.17) is 13.8 Å². The lowest BCUT2D eigenvalue weighted by molar-refractivity contribution is 0.669. The first-order chi connectivity index (χ1) is 22.8. The monoisotopic (exact) mass is 587 g/mol. The van der Waals surface area contributed by atoms with Gasteiger partial charge in [-0.3, -0.25) is 0 Å². The molecule has 214 valence electrons. The van der Waals surface area contributed by atoms with Crippen LogP contribution in [-0.2, 0) is 0 Å².